The standard InChI is InChI=1S/C25H34N4O2/c1-26(2)23-7-4-20(5-8-23)17-27(3)25(30)19-29-13-11-28(12-14-29)18-21-6-9-24-22(16-21)10-15-31-24/h4-9,16H,10-15,17-19H2,1-3H3/p+2. The molecule has 6 nitrogen and oxygen atoms in total. The van der Waals surface area contributed by atoms with Gasteiger partial charge in [0.15, 0.2) is 6.54 Å². The number of anilines is 1. The first-order chi connectivity index (χ1) is 15.0. The lowest BCUT2D eigenvalue weighted by Gasteiger charge is -2.30. The van der Waals surface area contributed by atoms with Gasteiger partial charge in [0.05, 0.1) is 6.61 Å². The van der Waals surface area contributed by atoms with E-state index < -0.39 is 0 Å². The zero-order valence-electron chi connectivity index (χ0n) is 19.1. The second-order valence-electron chi connectivity index (χ2n) is 9.20. The average Bonchev–Trinajstić information content (AvgIpc) is 3.23. The van der Waals surface area contributed by atoms with Crippen molar-refractivity contribution in [3.63, 3.8) is 0 Å². The van der Waals surface area contributed by atoms with E-state index in [-0.39, 0.29) is 5.91 Å². The van der Waals surface area contributed by atoms with Crippen LogP contribution < -0.4 is 19.4 Å². The summed E-state index contributed by atoms with van der Waals surface area (Å²) in [4.78, 5) is 19.7. The van der Waals surface area contributed by atoms with Crippen molar-refractivity contribution >= 4 is 11.6 Å². The molecule has 0 aromatic heterocycles. The summed E-state index contributed by atoms with van der Waals surface area (Å²) in [5.74, 6) is 1.29. The van der Waals surface area contributed by atoms with Crippen LogP contribution in [0.4, 0.5) is 5.69 Å². The molecule has 31 heavy (non-hydrogen) atoms. The molecule has 1 saturated heterocycles. The fourth-order valence-corrected chi connectivity index (χ4v) is 4.56. The van der Waals surface area contributed by atoms with Crippen molar-refractivity contribution in [1.29, 1.82) is 0 Å². The number of benzene rings is 2. The number of amides is 1. The minimum absolute atomic E-state index is 0.230. The van der Waals surface area contributed by atoms with Crippen LogP contribution in [0.15, 0.2) is 42.5 Å². The van der Waals surface area contributed by atoms with Crippen LogP contribution in [-0.4, -0.2) is 71.3 Å². The zero-order valence-corrected chi connectivity index (χ0v) is 19.1. The second kappa shape index (κ2) is 9.71. The molecule has 1 fully saturated rings. The molecule has 0 saturated carbocycles. The average molecular weight is 425 g/mol. The molecule has 6 heteroatoms. The van der Waals surface area contributed by atoms with E-state index in [4.69, 9.17) is 4.74 Å². The van der Waals surface area contributed by atoms with E-state index in [1.807, 2.05) is 26.0 Å². The predicted octanol–water partition coefficient (Wildman–Crippen LogP) is -0.370. The number of fused-ring (bicyclic) bond motifs is 1. The van der Waals surface area contributed by atoms with E-state index in [0.717, 1.165) is 51.5 Å². The maximum atomic E-state index is 12.7. The monoisotopic (exact) mass is 424 g/mol. The van der Waals surface area contributed by atoms with Gasteiger partial charge >= 0.3 is 0 Å². The van der Waals surface area contributed by atoms with Crippen LogP contribution in [-0.2, 0) is 24.3 Å². The Balaban J connectivity index is 1.21. The van der Waals surface area contributed by atoms with Crippen LogP contribution in [0.3, 0.4) is 0 Å². The van der Waals surface area contributed by atoms with Gasteiger partial charge in [-0.2, -0.15) is 0 Å². The van der Waals surface area contributed by atoms with E-state index in [0.29, 0.717) is 13.1 Å². The minimum Gasteiger partial charge on any atom is -0.493 e. The van der Waals surface area contributed by atoms with Crippen molar-refractivity contribution in [1.82, 2.24) is 4.90 Å². The number of ether oxygens (including phenoxy) is 1. The van der Waals surface area contributed by atoms with Gasteiger partial charge in [-0.15, -0.1) is 0 Å². The van der Waals surface area contributed by atoms with Gasteiger partial charge in [0.25, 0.3) is 5.91 Å². The zero-order chi connectivity index (χ0) is 21.8. The number of carbonyl (C=O) groups excluding carboxylic acids is 1. The lowest BCUT2D eigenvalue weighted by atomic mass is 10.1. The Morgan fingerprint density at radius 3 is 2.32 bits per heavy atom. The molecule has 4 rings (SSSR count). The lowest BCUT2D eigenvalue weighted by Crippen LogP contribution is -3.28. The molecule has 0 spiro atoms. The predicted molar refractivity (Wildman–Crippen MR) is 123 cm³/mol. The summed E-state index contributed by atoms with van der Waals surface area (Å²) < 4.78 is 5.62. The summed E-state index contributed by atoms with van der Waals surface area (Å²) in [5.41, 5.74) is 5.10. The Kier molecular flexibility index (Phi) is 6.78. The van der Waals surface area contributed by atoms with E-state index in [1.165, 1.54) is 27.3 Å². The maximum absolute atomic E-state index is 12.7. The third kappa shape index (κ3) is 5.57. The SMILES string of the molecule is CN(Cc1ccc(N(C)C)cc1)C(=O)C[NH+]1CC[NH+](Cc2ccc3c(c2)CCO3)CC1. The normalized spacial score (nSPS) is 20.1. The van der Waals surface area contributed by atoms with E-state index in [2.05, 4.69) is 47.4 Å². The molecule has 2 aliphatic heterocycles. The molecule has 1 amide bonds. The highest BCUT2D eigenvalue weighted by Gasteiger charge is 2.26. The van der Waals surface area contributed by atoms with Crippen molar-refractivity contribution in [3.8, 4) is 5.75 Å². The molecule has 0 radical (unpaired) electrons. The molecular formula is C25H36N4O2+2. The summed E-state index contributed by atoms with van der Waals surface area (Å²) in [6.07, 6.45) is 1.03. The summed E-state index contributed by atoms with van der Waals surface area (Å²) in [6, 6.07) is 15.1. The Hall–Kier alpha value is -2.57. The highest BCUT2D eigenvalue weighted by atomic mass is 16.5. The Morgan fingerprint density at radius 2 is 1.61 bits per heavy atom. The third-order valence-corrected chi connectivity index (χ3v) is 6.57. The van der Waals surface area contributed by atoms with Crippen molar-refractivity contribution in [2.75, 3.05) is 65.4 Å². The summed E-state index contributed by atoms with van der Waals surface area (Å²) in [6.45, 7) is 7.49. The van der Waals surface area contributed by atoms with Gasteiger partial charge in [-0.3, -0.25) is 4.79 Å². The number of piperazine rings is 1. The fraction of sp³-hybridized carbons (Fsp3) is 0.480. The minimum atomic E-state index is 0.230. The van der Waals surface area contributed by atoms with Crippen LogP contribution in [0.5, 0.6) is 5.75 Å². The maximum Gasteiger partial charge on any atom is 0.277 e. The first-order valence-electron chi connectivity index (χ1n) is 11.4. The number of quaternary nitrogens is 2. The van der Waals surface area contributed by atoms with E-state index >= 15 is 0 Å². The number of hydrogen-bond donors (Lipinski definition) is 2. The Bertz CT molecular complexity index is 889. The first kappa shape index (κ1) is 21.7. The summed E-state index contributed by atoms with van der Waals surface area (Å²) in [5, 5.41) is 0. The highest BCUT2D eigenvalue weighted by Crippen LogP contribution is 2.25. The largest absolute Gasteiger partial charge is 0.493 e. The smallest absolute Gasteiger partial charge is 0.277 e. The third-order valence-electron chi connectivity index (χ3n) is 6.57. The van der Waals surface area contributed by atoms with Gasteiger partial charge in [-0.05, 0) is 41.5 Å². The van der Waals surface area contributed by atoms with E-state index in [1.54, 1.807) is 4.90 Å². The van der Waals surface area contributed by atoms with Gasteiger partial charge in [-0.25, -0.2) is 0 Å². The molecule has 0 bridgehead atoms. The highest BCUT2D eigenvalue weighted by molar-refractivity contribution is 5.76. The topological polar surface area (TPSA) is 41.7 Å². The van der Waals surface area contributed by atoms with E-state index in [9.17, 15) is 4.79 Å². The molecule has 2 aromatic rings. The van der Waals surface area contributed by atoms with Crippen LogP contribution >= 0.6 is 0 Å². The molecular weight excluding hydrogens is 388 g/mol. The molecule has 2 N–H and O–H groups in total. The van der Waals surface area contributed by atoms with Gasteiger partial charge in [0.2, 0.25) is 0 Å². The molecule has 2 aromatic carbocycles. The second-order valence-corrected chi connectivity index (χ2v) is 9.20. The number of hydrogen-bond acceptors (Lipinski definition) is 3. The number of rotatable bonds is 7. The van der Waals surface area contributed by atoms with Crippen molar-refractivity contribution in [2.24, 2.45) is 0 Å². The van der Waals surface area contributed by atoms with Crippen molar-refractivity contribution in [3.05, 3.63) is 59.2 Å². The number of nitrogens with one attached hydrogen (secondary N) is 2. The molecule has 0 unspecified atom stereocenters. The van der Waals surface area contributed by atoms with Gasteiger partial charge in [0.1, 0.15) is 38.5 Å². The van der Waals surface area contributed by atoms with Gasteiger partial charge in [0, 0.05) is 45.4 Å². The molecule has 0 aliphatic carbocycles. The van der Waals surface area contributed by atoms with Crippen molar-refractivity contribution in [2.45, 2.75) is 19.5 Å². The summed E-state index contributed by atoms with van der Waals surface area (Å²) in [7, 11) is 5.99. The van der Waals surface area contributed by atoms with Crippen LogP contribution in [0.1, 0.15) is 16.7 Å². The van der Waals surface area contributed by atoms with Gasteiger partial charge in [-0.1, -0.05) is 12.1 Å². The Morgan fingerprint density at radius 1 is 0.935 bits per heavy atom. The fourth-order valence-electron chi connectivity index (χ4n) is 4.56. The first-order valence-corrected chi connectivity index (χ1v) is 11.4. The molecule has 166 valence electrons. The molecule has 0 atom stereocenters. The number of nitrogens with zero attached hydrogens (tertiary/aromatic N) is 2. The molecule has 2 aliphatic rings. The Labute approximate surface area is 186 Å². The van der Waals surface area contributed by atoms with Crippen LogP contribution in [0.25, 0.3) is 0 Å². The number of likely N-dealkylation sites (N-methyl/N-ethyl adjacent to an activating group) is 1. The number of carbonyl (C=O) groups is 1. The quantitative estimate of drug-likeness (QED) is 0.637. The summed E-state index contributed by atoms with van der Waals surface area (Å²) >= 11 is 0. The van der Waals surface area contributed by atoms with Crippen molar-refractivity contribution < 1.29 is 19.3 Å². The van der Waals surface area contributed by atoms with Gasteiger partial charge < -0.3 is 24.3 Å². The molecule has 2 heterocycles. The van der Waals surface area contributed by atoms with Crippen LogP contribution in [0.2, 0.25) is 0 Å². The van der Waals surface area contributed by atoms with Crippen LogP contribution in [0, 0.1) is 0 Å². The lowest BCUT2D eigenvalue weighted by molar-refractivity contribution is -1.02.